The number of aromatic amines is 2. The third kappa shape index (κ3) is 5.65. The van der Waals surface area contributed by atoms with Crippen molar-refractivity contribution in [1.82, 2.24) is 26.3 Å². The van der Waals surface area contributed by atoms with Gasteiger partial charge in [0.25, 0.3) is 11.5 Å². The Balaban J connectivity index is 1.54. The summed E-state index contributed by atoms with van der Waals surface area (Å²) in [6.45, 7) is 0. The number of hydrazone groups is 1. The third-order valence-corrected chi connectivity index (χ3v) is 5.41. The monoisotopic (exact) mass is 500 g/mol. The third-order valence-electron chi connectivity index (χ3n) is 5.41. The Morgan fingerprint density at radius 1 is 0.811 bits per heavy atom. The van der Waals surface area contributed by atoms with Gasteiger partial charge in [0, 0.05) is 36.6 Å². The zero-order valence-electron chi connectivity index (χ0n) is 19.9. The van der Waals surface area contributed by atoms with E-state index >= 15 is 0 Å². The summed E-state index contributed by atoms with van der Waals surface area (Å²) in [5, 5.41) is 19.8. The van der Waals surface area contributed by atoms with E-state index in [4.69, 9.17) is 0 Å². The largest absolute Gasteiger partial charge is 0.341 e. The molecule has 0 spiro atoms. The van der Waals surface area contributed by atoms with Crippen molar-refractivity contribution in [3.05, 3.63) is 87.7 Å². The van der Waals surface area contributed by atoms with Crippen molar-refractivity contribution in [2.45, 2.75) is 0 Å². The second kappa shape index (κ2) is 10.9. The summed E-state index contributed by atoms with van der Waals surface area (Å²) >= 11 is 0. The number of hydrogen-bond donors (Lipinski definition) is 7. The molecule has 0 aliphatic carbocycles. The number of allylic oxidation sites excluding steroid dienone is 2. The second-order valence-electron chi connectivity index (χ2n) is 7.77. The Bertz CT molecular complexity index is 1480. The van der Waals surface area contributed by atoms with Gasteiger partial charge >= 0.3 is 12.1 Å². The molecule has 0 atom stereocenters. The SMILES string of the molecule is CNC(=O)Nc1ccc(C2=NNC(=O)/C2=C\C=C\c2c(-c3ccc(NC(=O)NC)cc3)[nH][nH]c2=O)cc1. The van der Waals surface area contributed by atoms with Crippen LogP contribution < -0.4 is 32.3 Å². The molecule has 12 heteroatoms. The molecule has 2 aromatic carbocycles. The van der Waals surface area contributed by atoms with Crippen LogP contribution in [0.1, 0.15) is 11.1 Å². The molecule has 3 aromatic rings. The highest BCUT2D eigenvalue weighted by Gasteiger charge is 2.23. The minimum Gasteiger partial charge on any atom is -0.341 e. The molecule has 4 rings (SSSR count). The van der Waals surface area contributed by atoms with Crippen LogP contribution in [0.3, 0.4) is 0 Å². The van der Waals surface area contributed by atoms with Gasteiger partial charge in [-0.1, -0.05) is 30.3 Å². The maximum absolute atomic E-state index is 12.4. The minimum atomic E-state index is -0.380. The zero-order chi connectivity index (χ0) is 26.4. The van der Waals surface area contributed by atoms with Crippen molar-refractivity contribution >= 4 is 41.1 Å². The van der Waals surface area contributed by atoms with Crippen LogP contribution in [-0.2, 0) is 4.79 Å². The van der Waals surface area contributed by atoms with Crippen molar-refractivity contribution < 1.29 is 14.4 Å². The van der Waals surface area contributed by atoms with Crippen LogP contribution in [0.25, 0.3) is 17.3 Å². The number of nitrogens with zero attached hydrogens (tertiary/aromatic N) is 1. The lowest BCUT2D eigenvalue weighted by Gasteiger charge is -2.06. The number of carbonyl (C=O) groups is 3. The first-order valence-corrected chi connectivity index (χ1v) is 11.2. The second-order valence-corrected chi connectivity index (χ2v) is 7.77. The molecule has 2 heterocycles. The summed E-state index contributed by atoms with van der Waals surface area (Å²) in [5.41, 5.74) is 6.36. The smallest absolute Gasteiger partial charge is 0.318 e. The van der Waals surface area contributed by atoms with Gasteiger partial charge in [-0.2, -0.15) is 5.10 Å². The van der Waals surface area contributed by atoms with Crippen LogP contribution >= 0.6 is 0 Å². The first-order chi connectivity index (χ1) is 17.9. The molecular formula is C25H24N8O4. The van der Waals surface area contributed by atoms with Gasteiger partial charge in [0.2, 0.25) is 0 Å². The topological polar surface area (TPSA) is 172 Å². The molecule has 0 saturated carbocycles. The van der Waals surface area contributed by atoms with Gasteiger partial charge in [-0.3, -0.25) is 19.8 Å². The van der Waals surface area contributed by atoms with Gasteiger partial charge in [-0.05, 0) is 36.4 Å². The van der Waals surface area contributed by atoms with E-state index in [1.54, 1.807) is 66.8 Å². The number of benzene rings is 2. The molecule has 12 nitrogen and oxygen atoms in total. The van der Waals surface area contributed by atoms with Gasteiger partial charge in [0.1, 0.15) is 5.71 Å². The zero-order valence-corrected chi connectivity index (χ0v) is 19.9. The van der Waals surface area contributed by atoms with E-state index in [-0.39, 0.29) is 23.5 Å². The fraction of sp³-hybridized carbons (Fsp3) is 0.0800. The lowest BCUT2D eigenvalue weighted by molar-refractivity contribution is -0.116. The standard InChI is InChI=1S/C25H24N8O4/c1-26-24(36)28-16-10-6-14(7-11-16)20-18(22(34)32-30-20)4-3-5-19-21(31-33-23(19)35)15-8-12-17(13-9-15)29-25(37)27-2/h3-13H,1-2H3,(H,32,34)(H2,26,28,36)(H2,27,29,37)(H2,31,33,35)/b5-3+,18-4-. The maximum atomic E-state index is 12.4. The van der Waals surface area contributed by atoms with Crippen molar-refractivity contribution in [3.8, 4) is 11.3 Å². The molecule has 37 heavy (non-hydrogen) atoms. The summed E-state index contributed by atoms with van der Waals surface area (Å²) < 4.78 is 0. The highest BCUT2D eigenvalue weighted by atomic mass is 16.2. The lowest BCUT2D eigenvalue weighted by atomic mass is 10.0. The first kappa shape index (κ1) is 24.7. The Morgan fingerprint density at radius 3 is 1.95 bits per heavy atom. The number of nitrogens with one attached hydrogen (secondary N) is 7. The quantitative estimate of drug-likeness (QED) is 0.258. The minimum absolute atomic E-state index is 0.321. The molecule has 0 unspecified atom stereocenters. The number of anilines is 2. The lowest BCUT2D eigenvalue weighted by Crippen LogP contribution is -2.24. The molecule has 1 aliphatic rings. The summed E-state index contributed by atoms with van der Waals surface area (Å²) in [6, 6.07) is 13.1. The van der Waals surface area contributed by atoms with Crippen LogP contribution in [0, 0.1) is 0 Å². The molecule has 5 amide bonds. The van der Waals surface area contributed by atoms with Crippen LogP contribution in [0.15, 0.2) is 76.2 Å². The number of carbonyl (C=O) groups excluding carboxylic acids is 3. The van der Waals surface area contributed by atoms with Gasteiger partial charge in [-0.25, -0.2) is 15.0 Å². The van der Waals surface area contributed by atoms with E-state index in [0.717, 1.165) is 5.56 Å². The Morgan fingerprint density at radius 2 is 1.38 bits per heavy atom. The van der Waals surface area contributed by atoms with E-state index in [2.05, 4.69) is 42.0 Å². The molecule has 188 valence electrons. The average Bonchev–Trinajstić information content (AvgIpc) is 3.47. The van der Waals surface area contributed by atoms with E-state index < -0.39 is 0 Å². The number of H-pyrrole nitrogens is 2. The Kier molecular flexibility index (Phi) is 7.29. The van der Waals surface area contributed by atoms with E-state index in [9.17, 15) is 19.2 Å². The highest BCUT2D eigenvalue weighted by Crippen LogP contribution is 2.23. The Labute approximate surface area is 210 Å². The highest BCUT2D eigenvalue weighted by molar-refractivity contribution is 6.31. The van der Waals surface area contributed by atoms with Gasteiger partial charge in [0.05, 0.1) is 16.8 Å². The van der Waals surface area contributed by atoms with Gasteiger partial charge in [0.15, 0.2) is 0 Å². The van der Waals surface area contributed by atoms with Crippen molar-refractivity contribution in [3.63, 3.8) is 0 Å². The fourth-order valence-electron chi connectivity index (χ4n) is 3.52. The molecule has 0 radical (unpaired) electrons. The summed E-state index contributed by atoms with van der Waals surface area (Å²) in [5.74, 6) is -0.380. The first-order valence-electron chi connectivity index (χ1n) is 11.2. The van der Waals surface area contributed by atoms with E-state index in [1.807, 2.05) is 0 Å². The summed E-state index contributed by atoms with van der Waals surface area (Å²) in [7, 11) is 3.04. The predicted molar refractivity (Wildman–Crippen MR) is 141 cm³/mol. The molecular weight excluding hydrogens is 476 g/mol. The van der Waals surface area contributed by atoms with Gasteiger partial charge in [-0.15, -0.1) is 0 Å². The number of rotatable bonds is 6. The van der Waals surface area contributed by atoms with Crippen LogP contribution in [0.5, 0.6) is 0 Å². The predicted octanol–water partition coefficient (Wildman–Crippen LogP) is 2.35. The van der Waals surface area contributed by atoms with Crippen molar-refractivity contribution in [2.24, 2.45) is 5.10 Å². The molecule has 0 saturated heterocycles. The van der Waals surface area contributed by atoms with Gasteiger partial charge < -0.3 is 21.3 Å². The number of aromatic nitrogens is 2. The van der Waals surface area contributed by atoms with Crippen molar-refractivity contribution in [2.75, 3.05) is 24.7 Å². The number of urea groups is 2. The van der Waals surface area contributed by atoms with Crippen molar-refractivity contribution in [1.29, 1.82) is 0 Å². The van der Waals surface area contributed by atoms with Crippen LogP contribution in [0.4, 0.5) is 21.0 Å². The molecule has 1 aromatic heterocycles. The molecule has 0 fully saturated rings. The van der Waals surface area contributed by atoms with E-state index in [0.29, 0.717) is 39.5 Å². The molecule has 0 bridgehead atoms. The summed E-state index contributed by atoms with van der Waals surface area (Å²) in [4.78, 5) is 47.7. The summed E-state index contributed by atoms with van der Waals surface area (Å²) in [6.07, 6.45) is 4.76. The molecule has 1 aliphatic heterocycles. The number of hydrogen-bond acceptors (Lipinski definition) is 5. The average molecular weight is 501 g/mol. The number of amides is 5. The van der Waals surface area contributed by atoms with E-state index in [1.165, 1.54) is 14.1 Å². The fourth-order valence-corrected chi connectivity index (χ4v) is 3.52. The Hall–Kier alpha value is -5.39. The van der Waals surface area contributed by atoms with Crippen LogP contribution in [-0.4, -0.2) is 48.0 Å². The van der Waals surface area contributed by atoms with Crippen LogP contribution in [0.2, 0.25) is 0 Å². The molecule has 7 N–H and O–H groups in total. The normalized spacial score (nSPS) is 13.8. The maximum Gasteiger partial charge on any atom is 0.318 e.